The highest BCUT2D eigenvalue weighted by Gasteiger charge is 2.00. The van der Waals surface area contributed by atoms with E-state index in [0.717, 1.165) is 12.8 Å². The van der Waals surface area contributed by atoms with Crippen molar-refractivity contribution in [3.8, 4) is 0 Å². The van der Waals surface area contributed by atoms with Gasteiger partial charge in [0.2, 0.25) is 0 Å². The van der Waals surface area contributed by atoms with Crippen molar-refractivity contribution in [3.05, 3.63) is 42.0 Å². The number of hydrogen-bond acceptors (Lipinski definition) is 0. The number of halogens is 1. The maximum atomic E-state index is 5.90. The fourth-order valence-electron chi connectivity index (χ4n) is 1.32. The van der Waals surface area contributed by atoms with Crippen LogP contribution < -0.4 is 0 Å². The standard InChI is InChI=1S/C12H15Cl/c1-3-11-6-4-5-7-12(11)9-8-10(2)13/h3-7,10H,1,8-9H2,2H3. The minimum Gasteiger partial charge on any atom is -0.123 e. The fraction of sp³-hybridized carbons (Fsp3) is 0.333. The molecule has 0 saturated heterocycles. The molecular weight excluding hydrogens is 180 g/mol. The van der Waals surface area contributed by atoms with Crippen LogP contribution in [0.3, 0.4) is 0 Å². The summed E-state index contributed by atoms with van der Waals surface area (Å²) in [5.41, 5.74) is 2.56. The van der Waals surface area contributed by atoms with Gasteiger partial charge in [0.15, 0.2) is 0 Å². The Morgan fingerprint density at radius 3 is 2.77 bits per heavy atom. The molecule has 0 nitrogen and oxygen atoms in total. The average Bonchev–Trinajstić information content (AvgIpc) is 2.15. The molecule has 1 aromatic carbocycles. The minimum atomic E-state index is 0.248. The second kappa shape index (κ2) is 5.08. The summed E-state index contributed by atoms with van der Waals surface area (Å²) < 4.78 is 0. The van der Waals surface area contributed by atoms with Crippen LogP contribution in [0.2, 0.25) is 0 Å². The van der Waals surface area contributed by atoms with Gasteiger partial charge in [-0.25, -0.2) is 0 Å². The lowest BCUT2D eigenvalue weighted by Crippen LogP contribution is -1.96. The first-order chi connectivity index (χ1) is 6.24. The molecule has 13 heavy (non-hydrogen) atoms. The molecule has 0 N–H and O–H groups in total. The van der Waals surface area contributed by atoms with Crippen molar-refractivity contribution in [2.45, 2.75) is 25.1 Å². The first-order valence-corrected chi connectivity index (χ1v) is 5.02. The van der Waals surface area contributed by atoms with Crippen molar-refractivity contribution in [2.24, 2.45) is 0 Å². The lowest BCUT2D eigenvalue weighted by Gasteiger charge is -2.06. The summed E-state index contributed by atoms with van der Waals surface area (Å²) in [6, 6.07) is 8.31. The van der Waals surface area contributed by atoms with Crippen LogP contribution in [0, 0.1) is 0 Å². The van der Waals surface area contributed by atoms with E-state index in [4.69, 9.17) is 11.6 Å². The van der Waals surface area contributed by atoms with Crippen LogP contribution in [-0.2, 0) is 6.42 Å². The Hall–Kier alpha value is -0.750. The summed E-state index contributed by atoms with van der Waals surface area (Å²) in [6.07, 6.45) is 3.95. The van der Waals surface area contributed by atoms with Gasteiger partial charge in [-0.1, -0.05) is 36.9 Å². The van der Waals surface area contributed by atoms with Gasteiger partial charge in [0.05, 0.1) is 0 Å². The molecule has 0 aliphatic carbocycles. The summed E-state index contributed by atoms with van der Waals surface area (Å²) in [5, 5.41) is 0.248. The average molecular weight is 195 g/mol. The van der Waals surface area contributed by atoms with Gasteiger partial charge in [0.1, 0.15) is 0 Å². The Morgan fingerprint density at radius 1 is 1.46 bits per heavy atom. The molecule has 1 unspecified atom stereocenters. The summed E-state index contributed by atoms with van der Waals surface area (Å²) in [4.78, 5) is 0. The third kappa shape index (κ3) is 3.23. The Bertz CT molecular complexity index is 276. The molecule has 0 spiro atoms. The Labute approximate surface area is 85.2 Å². The molecule has 0 radical (unpaired) electrons. The van der Waals surface area contributed by atoms with E-state index >= 15 is 0 Å². The first kappa shape index (κ1) is 10.3. The van der Waals surface area contributed by atoms with Gasteiger partial charge < -0.3 is 0 Å². The Balaban J connectivity index is 2.69. The summed E-state index contributed by atoms with van der Waals surface area (Å²) in [7, 11) is 0. The first-order valence-electron chi connectivity index (χ1n) is 4.58. The number of benzene rings is 1. The Morgan fingerprint density at radius 2 is 2.15 bits per heavy atom. The van der Waals surface area contributed by atoms with Crippen LogP contribution in [0.25, 0.3) is 6.08 Å². The van der Waals surface area contributed by atoms with Gasteiger partial charge in [-0.3, -0.25) is 0 Å². The normalized spacial score (nSPS) is 12.5. The van der Waals surface area contributed by atoms with Gasteiger partial charge in [-0.05, 0) is 30.9 Å². The molecular formula is C12H15Cl. The van der Waals surface area contributed by atoms with Gasteiger partial charge in [0, 0.05) is 5.38 Å². The molecule has 1 heteroatoms. The predicted molar refractivity (Wildman–Crippen MR) is 60.2 cm³/mol. The molecule has 0 amide bonds. The topological polar surface area (TPSA) is 0 Å². The SMILES string of the molecule is C=Cc1ccccc1CCC(C)Cl. The van der Waals surface area contributed by atoms with E-state index in [-0.39, 0.29) is 5.38 Å². The van der Waals surface area contributed by atoms with Gasteiger partial charge >= 0.3 is 0 Å². The van der Waals surface area contributed by atoms with E-state index in [1.165, 1.54) is 11.1 Å². The van der Waals surface area contributed by atoms with Crippen molar-refractivity contribution >= 4 is 17.7 Å². The summed E-state index contributed by atoms with van der Waals surface area (Å²) in [5.74, 6) is 0. The van der Waals surface area contributed by atoms with Crippen molar-refractivity contribution < 1.29 is 0 Å². The lowest BCUT2D eigenvalue weighted by atomic mass is 10.0. The zero-order valence-corrected chi connectivity index (χ0v) is 8.72. The minimum absolute atomic E-state index is 0.248. The third-order valence-electron chi connectivity index (χ3n) is 2.09. The summed E-state index contributed by atoms with van der Waals surface area (Å²) >= 11 is 5.90. The highest BCUT2D eigenvalue weighted by atomic mass is 35.5. The number of alkyl halides is 1. The van der Waals surface area contributed by atoms with Crippen molar-refractivity contribution in [1.82, 2.24) is 0 Å². The highest BCUT2D eigenvalue weighted by Crippen LogP contribution is 2.14. The molecule has 0 aromatic heterocycles. The Kier molecular flexibility index (Phi) is 4.04. The molecule has 1 aromatic rings. The van der Waals surface area contributed by atoms with Crippen LogP contribution >= 0.6 is 11.6 Å². The molecule has 0 bridgehead atoms. The number of rotatable bonds is 4. The van der Waals surface area contributed by atoms with E-state index < -0.39 is 0 Å². The molecule has 0 saturated carbocycles. The van der Waals surface area contributed by atoms with E-state index in [9.17, 15) is 0 Å². The van der Waals surface area contributed by atoms with Crippen LogP contribution in [0.15, 0.2) is 30.8 Å². The molecule has 1 atom stereocenters. The van der Waals surface area contributed by atoms with Crippen molar-refractivity contribution in [1.29, 1.82) is 0 Å². The molecule has 0 heterocycles. The van der Waals surface area contributed by atoms with Crippen LogP contribution in [-0.4, -0.2) is 5.38 Å². The maximum Gasteiger partial charge on any atom is 0.0311 e. The van der Waals surface area contributed by atoms with Gasteiger partial charge in [-0.15, -0.1) is 11.6 Å². The summed E-state index contributed by atoms with van der Waals surface area (Å²) in [6.45, 7) is 5.81. The van der Waals surface area contributed by atoms with Gasteiger partial charge in [0.25, 0.3) is 0 Å². The second-order valence-electron chi connectivity index (χ2n) is 3.22. The zero-order valence-electron chi connectivity index (χ0n) is 7.96. The lowest BCUT2D eigenvalue weighted by molar-refractivity contribution is 0.802. The van der Waals surface area contributed by atoms with Crippen LogP contribution in [0.4, 0.5) is 0 Å². The van der Waals surface area contributed by atoms with E-state index in [1.54, 1.807) is 0 Å². The smallest absolute Gasteiger partial charge is 0.0311 e. The maximum absolute atomic E-state index is 5.90. The molecule has 0 aliphatic heterocycles. The fourth-order valence-corrected chi connectivity index (χ4v) is 1.42. The predicted octanol–water partition coefficient (Wildman–Crippen LogP) is 3.89. The largest absolute Gasteiger partial charge is 0.123 e. The molecule has 70 valence electrons. The molecule has 1 rings (SSSR count). The van der Waals surface area contributed by atoms with E-state index in [1.807, 2.05) is 19.1 Å². The van der Waals surface area contributed by atoms with Gasteiger partial charge in [-0.2, -0.15) is 0 Å². The number of aryl methyl sites for hydroxylation is 1. The monoisotopic (exact) mass is 194 g/mol. The quantitative estimate of drug-likeness (QED) is 0.638. The van der Waals surface area contributed by atoms with Crippen molar-refractivity contribution in [2.75, 3.05) is 0 Å². The van der Waals surface area contributed by atoms with E-state index in [0.29, 0.717) is 0 Å². The second-order valence-corrected chi connectivity index (χ2v) is 3.97. The highest BCUT2D eigenvalue weighted by molar-refractivity contribution is 6.20. The number of hydrogen-bond donors (Lipinski definition) is 0. The van der Waals surface area contributed by atoms with Crippen LogP contribution in [0.5, 0.6) is 0 Å². The third-order valence-corrected chi connectivity index (χ3v) is 2.30. The van der Waals surface area contributed by atoms with E-state index in [2.05, 4.69) is 24.8 Å². The molecule has 0 fully saturated rings. The van der Waals surface area contributed by atoms with Crippen LogP contribution in [0.1, 0.15) is 24.5 Å². The van der Waals surface area contributed by atoms with Crippen molar-refractivity contribution in [3.63, 3.8) is 0 Å². The molecule has 0 aliphatic rings. The zero-order chi connectivity index (χ0) is 9.68.